The highest BCUT2D eigenvalue weighted by Gasteiger charge is 2.05. The number of hydrogen-bond donors (Lipinski definition) is 0. The zero-order chi connectivity index (χ0) is 11.5. The van der Waals surface area contributed by atoms with Gasteiger partial charge >= 0.3 is 0 Å². The molecule has 0 aliphatic rings. The van der Waals surface area contributed by atoms with Gasteiger partial charge in [0.05, 0.1) is 5.52 Å². The van der Waals surface area contributed by atoms with Crippen LogP contribution in [0.2, 0.25) is 0 Å². The highest BCUT2D eigenvalue weighted by molar-refractivity contribution is 9.09. The van der Waals surface area contributed by atoms with Gasteiger partial charge in [-0.3, -0.25) is 4.79 Å². The third-order valence-corrected chi connectivity index (χ3v) is 3.76. The van der Waals surface area contributed by atoms with Crippen LogP contribution in [0.25, 0.3) is 10.9 Å². The molecule has 0 radical (unpaired) electrons. The zero-order valence-corrected chi connectivity index (χ0v) is 10.8. The molecule has 0 aliphatic heterocycles. The number of fused-ring (bicyclic) bond motifs is 1. The molecule has 0 saturated carbocycles. The van der Waals surface area contributed by atoms with Crippen LogP contribution in [0.15, 0.2) is 41.3 Å². The number of halogens is 1. The number of rotatable bonds is 3. The molecule has 1 atom stereocenters. The predicted octanol–water partition coefficient (Wildman–Crippen LogP) is 3.03. The first-order chi connectivity index (χ1) is 7.72. The van der Waals surface area contributed by atoms with E-state index in [-0.39, 0.29) is 5.43 Å². The molecule has 1 aromatic heterocycles. The van der Waals surface area contributed by atoms with Gasteiger partial charge in [-0.2, -0.15) is 0 Å². The third kappa shape index (κ3) is 2.19. The largest absolute Gasteiger partial charge is 0.347 e. The van der Waals surface area contributed by atoms with E-state index < -0.39 is 0 Å². The van der Waals surface area contributed by atoms with Crippen LogP contribution < -0.4 is 5.43 Å². The molecule has 0 saturated heterocycles. The van der Waals surface area contributed by atoms with Crippen molar-refractivity contribution in [3.8, 4) is 0 Å². The Morgan fingerprint density at radius 3 is 2.81 bits per heavy atom. The summed E-state index contributed by atoms with van der Waals surface area (Å²) in [5, 5.41) is 1.76. The van der Waals surface area contributed by atoms with Crippen molar-refractivity contribution in [1.29, 1.82) is 0 Å². The number of aromatic nitrogens is 1. The predicted molar refractivity (Wildman–Crippen MR) is 71.2 cm³/mol. The minimum atomic E-state index is 0.0957. The molecule has 1 heterocycles. The number of alkyl halides is 1. The molecule has 16 heavy (non-hydrogen) atoms. The minimum absolute atomic E-state index is 0.0957. The SMILES string of the molecule is CC(CBr)Cn1ccc(=O)c2ccccc21. The van der Waals surface area contributed by atoms with E-state index >= 15 is 0 Å². The van der Waals surface area contributed by atoms with Gasteiger partial charge in [-0.05, 0) is 18.1 Å². The van der Waals surface area contributed by atoms with Gasteiger partial charge in [0.1, 0.15) is 0 Å². The second kappa shape index (κ2) is 4.83. The van der Waals surface area contributed by atoms with Gasteiger partial charge in [-0.25, -0.2) is 0 Å². The number of hydrogen-bond acceptors (Lipinski definition) is 1. The zero-order valence-electron chi connectivity index (χ0n) is 9.19. The summed E-state index contributed by atoms with van der Waals surface area (Å²) in [5.41, 5.74) is 1.11. The van der Waals surface area contributed by atoms with Crippen LogP contribution in [0.4, 0.5) is 0 Å². The topological polar surface area (TPSA) is 22.0 Å². The normalized spacial score (nSPS) is 12.9. The Morgan fingerprint density at radius 1 is 1.31 bits per heavy atom. The van der Waals surface area contributed by atoms with Crippen LogP contribution >= 0.6 is 15.9 Å². The van der Waals surface area contributed by atoms with Gasteiger partial charge in [-0.1, -0.05) is 35.0 Å². The first-order valence-electron chi connectivity index (χ1n) is 5.36. The van der Waals surface area contributed by atoms with Crippen LogP contribution in [0.3, 0.4) is 0 Å². The minimum Gasteiger partial charge on any atom is -0.347 e. The molecule has 2 nitrogen and oxygen atoms in total. The smallest absolute Gasteiger partial charge is 0.189 e. The van der Waals surface area contributed by atoms with Crippen LogP contribution in [0.1, 0.15) is 6.92 Å². The maximum absolute atomic E-state index is 11.7. The highest BCUT2D eigenvalue weighted by atomic mass is 79.9. The number of pyridine rings is 1. The third-order valence-electron chi connectivity index (χ3n) is 2.66. The highest BCUT2D eigenvalue weighted by Crippen LogP contribution is 2.12. The fraction of sp³-hybridized carbons (Fsp3) is 0.308. The van der Waals surface area contributed by atoms with Crippen molar-refractivity contribution >= 4 is 26.8 Å². The summed E-state index contributed by atoms with van der Waals surface area (Å²) in [6.07, 6.45) is 1.88. The van der Waals surface area contributed by atoms with E-state index in [0.29, 0.717) is 5.92 Å². The lowest BCUT2D eigenvalue weighted by Crippen LogP contribution is -2.13. The van der Waals surface area contributed by atoms with Gasteiger partial charge in [0.2, 0.25) is 0 Å². The van der Waals surface area contributed by atoms with Crippen molar-refractivity contribution in [2.45, 2.75) is 13.5 Å². The average molecular weight is 280 g/mol. The van der Waals surface area contributed by atoms with Gasteiger partial charge in [0.25, 0.3) is 0 Å². The fourth-order valence-electron chi connectivity index (χ4n) is 1.80. The van der Waals surface area contributed by atoms with Gasteiger partial charge in [0, 0.05) is 29.5 Å². The summed E-state index contributed by atoms with van der Waals surface area (Å²) in [6, 6.07) is 9.40. The van der Waals surface area contributed by atoms with E-state index in [1.807, 2.05) is 30.5 Å². The Kier molecular flexibility index (Phi) is 3.44. The van der Waals surface area contributed by atoms with E-state index in [2.05, 4.69) is 27.4 Å². The Bertz CT molecular complexity index is 547. The molecule has 2 rings (SSSR count). The summed E-state index contributed by atoms with van der Waals surface area (Å²) in [5.74, 6) is 0.547. The molecular formula is C13H14BrNO. The maximum Gasteiger partial charge on any atom is 0.189 e. The van der Waals surface area contributed by atoms with E-state index in [0.717, 1.165) is 22.8 Å². The molecular weight excluding hydrogens is 266 g/mol. The summed E-state index contributed by atoms with van der Waals surface area (Å²) < 4.78 is 2.14. The van der Waals surface area contributed by atoms with E-state index in [1.54, 1.807) is 6.07 Å². The lowest BCUT2D eigenvalue weighted by atomic mass is 10.1. The molecule has 0 spiro atoms. The van der Waals surface area contributed by atoms with Gasteiger partial charge in [-0.15, -0.1) is 0 Å². The molecule has 1 aromatic carbocycles. The average Bonchev–Trinajstić information content (AvgIpc) is 2.33. The first-order valence-corrected chi connectivity index (χ1v) is 6.48. The van der Waals surface area contributed by atoms with Crippen molar-refractivity contribution in [2.24, 2.45) is 5.92 Å². The fourth-order valence-corrected chi connectivity index (χ4v) is 2.01. The second-order valence-electron chi connectivity index (χ2n) is 4.11. The molecule has 84 valence electrons. The maximum atomic E-state index is 11.7. The van der Waals surface area contributed by atoms with Crippen molar-refractivity contribution in [1.82, 2.24) is 4.57 Å². The van der Waals surface area contributed by atoms with Crippen LogP contribution in [-0.2, 0) is 6.54 Å². The van der Waals surface area contributed by atoms with Crippen LogP contribution in [0, 0.1) is 5.92 Å². The first kappa shape index (κ1) is 11.4. The molecule has 0 fully saturated rings. The Balaban J connectivity index is 2.54. The van der Waals surface area contributed by atoms with Crippen molar-refractivity contribution in [2.75, 3.05) is 5.33 Å². The van der Waals surface area contributed by atoms with Crippen molar-refractivity contribution in [3.05, 3.63) is 46.8 Å². The molecule has 0 amide bonds. The lowest BCUT2D eigenvalue weighted by Gasteiger charge is -2.14. The number of nitrogens with zero attached hydrogens (tertiary/aromatic N) is 1. The molecule has 2 aromatic rings. The molecule has 0 aliphatic carbocycles. The standard InChI is InChI=1S/C13H14BrNO/c1-10(8-14)9-15-7-6-13(16)11-4-2-3-5-12(11)15/h2-7,10H,8-9H2,1H3. The number of benzene rings is 1. The van der Waals surface area contributed by atoms with Crippen molar-refractivity contribution < 1.29 is 0 Å². The van der Waals surface area contributed by atoms with Gasteiger partial charge in [0.15, 0.2) is 5.43 Å². The summed E-state index contributed by atoms with van der Waals surface area (Å²) in [7, 11) is 0. The quantitative estimate of drug-likeness (QED) is 0.792. The van der Waals surface area contributed by atoms with Gasteiger partial charge < -0.3 is 4.57 Å². The van der Waals surface area contributed by atoms with E-state index in [4.69, 9.17) is 0 Å². The van der Waals surface area contributed by atoms with Crippen LogP contribution in [0.5, 0.6) is 0 Å². The molecule has 0 bridgehead atoms. The summed E-state index contributed by atoms with van der Waals surface area (Å²) >= 11 is 3.48. The van der Waals surface area contributed by atoms with Crippen molar-refractivity contribution in [3.63, 3.8) is 0 Å². The summed E-state index contributed by atoms with van der Waals surface area (Å²) in [6.45, 7) is 3.10. The van der Waals surface area contributed by atoms with Crippen LogP contribution in [-0.4, -0.2) is 9.90 Å². The Morgan fingerprint density at radius 2 is 2.06 bits per heavy atom. The van der Waals surface area contributed by atoms with E-state index in [1.165, 1.54) is 0 Å². The monoisotopic (exact) mass is 279 g/mol. The lowest BCUT2D eigenvalue weighted by molar-refractivity contribution is 0.543. The number of para-hydroxylation sites is 1. The molecule has 1 unspecified atom stereocenters. The summed E-state index contributed by atoms with van der Waals surface area (Å²) in [4.78, 5) is 11.7. The van der Waals surface area contributed by atoms with E-state index in [9.17, 15) is 4.79 Å². The molecule has 3 heteroatoms. The Labute approximate surface area is 103 Å². The Hall–Kier alpha value is -1.09. The second-order valence-corrected chi connectivity index (χ2v) is 4.76. The molecule has 0 N–H and O–H groups in total.